The first-order chi connectivity index (χ1) is 24.8. The van der Waals surface area contributed by atoms with Crippen molar-refractivity contribution in [2.75, 3.05) is 61.2 Å². The van der Waals surface area contributed by atoms with E-state index >= 15 is 0 Å². The quantitative estimate of drug-likeness (QED) is 0.0843. The van der Waals surface area contributed by atoms with Crippen LogP contribution in [-0.2, 0) is 4.79 Å². The zero-order valence-corrected chi connectivity index (χ0v) is 29.2. The van der Waals surface area contributed by atoms with Gasteiger partial charge >= 0.3 is 0 Å². The van der Waals surface area contributed by atoms with Gasteiger partial charge in [-0.1, -0.05) is 24.3 Å². The summed E-state index contributed by atoms with van der Waals surface area (Å²) in [6, 6.07) is 21.1. The standard InChI is InChI=1S/C39H39NO11/c1-43-27-22-30(45-3)35-31(23-27)51-37(25-20-32(46-4)38(48-6)33(21-25)47-5)39(36(35)42)50-18-10-17-49-28-15-13-24(19-29(28)44-2)14-16-34(41)40-26-11-8-7-9-12-26/h7-9,11-16,19-23H,10,17-18H2,1-6H3,(H,40,41)/b16-14+. The molecule has 0 radical (unpaired) electrons. The molecular formula is C39H39NO11. The number of hydrogen-bond acceptors (Lipinski definition) is 11. The molecule has 51 heavy (non-hydrogen) atoms. The van der Waals surface area contributed by atoms with Crippen molar-refractivity contribution in [3.8, 4) is 57.3 Å². The molecule has 12 nitrogen and oxygen atoms in total. The number of para-hydroxylation sites is 1. The van der Waals surface area contributed by atoms with Gasteiger partial charge in [0.25, 0.3) is 0 Å². The van der Waals surface area contributed by atoms with Crippen LogP contribution in [0.1, 0.15) is 12.0 Å². The highest BCUT2D eigenvalue weighted by Crippen LogP contribution is 2.44. The number of amides is 1. The van der Waals surface area contributed by atoms with Gasteiger partial charge in [-0.2, -0.15) is 0 Å². The number of fused-ring (bicyclic) bond motifs is 1. The topological polar surface area (TPSA) is 133 Å². The van der Waals surface area contributed by atoms with Gasteiger partial charge in [-0.05, 0) is 48.0 Å². The number of ether oxygens (including phenoxy) is 8. The van der Waals surface area contributed by atoms with Crippen molar-refractivity contribution >= 4 is 28.6 Å². The number of carbonyl (C=O) groups is 1. The SMILES string of the molecule is COc1cc(OC)c2c(=O)c(OCCCOc3ccc(/C=C/C(=O)Nc4ccccc4)cc3OC)c(-c3cc(OC)c(OC)c(OC)c3)oc2c1. The van der Waals surface area contributed by atoms with E-state index in [4.69, 9.17) is 42.3 Å². The van der Waals surface area contributed by atoms with Crippen molar-refractivity contribution < 1.29 is 47.1 Å². The van der Waals surface area contributed by atoms with Crippen LogP contribution in [0, 0.1) is 0 Å². The summed E-state index contributed by atoms with van der Waals surface area (Å²) in [7, 11) is 8.99. The van der Waals surface area contributed by atoms with Crippen LogP contribution in [0.15, 0.2) is 88.1 Å². The van der Waals surface area contributed by atoms with Gasteiger partial charge in [-0.15, -0.1) is 0 Å². The van der Waals surface area contributed by atoms with Crippen molar-refractivity contribution in [3.63, 3.8) is 0 Å². The van der Waals surface area contributed by atoms with Crippen molar-refractivity contribution in [3.05, 3.63) is 94.7 Å². The molecule has 5 rings (SSSR count). The molecule has 12 heteroatoms. The minimum atomic E-state index is -0.441. The van der Waals surface area contributed by atoms with Gasteiger partial charge in [0.15, 0.2) is 28.8 Å². The first-order valence-electron chi connectivity index (χ1n) is 15.8. The Kier molecular flexibility index (Phi) is 11.9. The summed E-state index contributed by atoms with van der Waals surface area (Å²) in [5, 5.41) is 3.00. The van der Waals surface area contributed by atoms with Crippen molar-refractivity contribution in [1.82, 2.24) is 0 Å². The second-order valence-corrected chi connectivity index (χ2v) is 10.9. The van der Waals surface area contributed by atoms with E-state index in [1.165, 1.54) is 48.7 Å². The molecule has 1 N–H and O–H groups in total. The fourth-order valence-electron chi connectivity index (χ4n) is 5.25. The van der Waals surface area contributed by atoms with Crippen LogP contribution < -0.4 is 48.6 Å². The molecule has 1 aromatic heterocycles. The molecule has 266 valence electrons. The van der Waals surface area contributed by atoms with E-state index in [1.807, 2.05) is 36.4 Å². The fraction of sp³-hybridized carbons (Fsp3) is 0.231. The average molecular weight is 698 g/mol. The largest absolute Gasteiger partial charge is 0.496 e. The zero-order chi connectivity index (χ0) is 36.3. The highest BCUT2D eigenvalue weighted by molar-refractivity contribution is 6.02. The molecule has 0 aliphatic carbocycles. The van der Waals surface area contributed by atoms with Crippen LogP contribution in [0.2, 0.25) is 0 Å². The number of rotatable bonds is 16. The molecule has 0 saturated carbocycles. The third-order valence-electron chi connectivity index (χ3n) is 7.72. The Morgan fingerprint density at radius 3 is 2.02 bits per heavy atom. The monoisotopic (exact) mass is 697 g/mol. The third kappa shape index (κ3) is 8.30. The van der Waals surface area contributed by atoms with E-state index in [1.54, 1.807) is 42.5 Å². The Hall–Kier alpha value is -6.30. The molecule has 0 aliphatic rings. The molecule has 0 unspecified atom stereocenters. The summed E-state index contributed by atoms with van der Waals surface area (Å²) in [6.45, 7) is 0.343. The van der Waals surface area contributed by atoms with Gasteiger partial charge in [-0.25, -0.2) is 0 Å². The smallest absolute Gasteiger partial charge is 0.248 e. The number of anilines is 1. The zero-order valence-electron chi connectivity index (χ0n) is 29.2. The van der Waals surface area contributed by atoms with Gasteiger partial charge < -0.3 is 47.6 Å². The summed E-state index contributed by atoms with van der Waals surface area (Å²) in [5.41, 5.74) is 1.70. The molecule has 4 aromatic carbocycles. The Bertz CT molecular complexity index is 2050. The molecule has 1 heterocycles. The second-order valence-electron chi connectivity index (χ2n) is 10.9. The van der Waals surface area contributed by atoms with Gasteiger partial charge in [0.05, 0.1) is 55.9 Å². The lowest BCUT2D eigenvalue weighted by molar-refractivity contribution is -0.111. The lowest BCUT2D eigenvalue weighted by Crippen LogP contribution is -2.14. The highest BCUT2D eigenvalue weighted by atomic mass is 16.5. The molecule has 1 amide bonds. The first-order valence-corrected chi connectivity index (χ1v) is 15.8. The van der Waals surface area contributed by atoms with Gasteiger partial charge in [0, 0.05) is 35.9 Å². The normalized spacial score (nSPS) is 10.9. The summed E-state index contributed by atoms with van der Waals surface area (Å²) in [5.74, 6) is 2.66. The third-order valence-corrected chi connectivity index (χ3v) is 7.72. The fourth-order valence-corrected chi connectivity index (χ4v) is 5.25. The molecule has 0 saturated heterocycles. The summed E-state index contributed by atoms with van der Waals surface area (Å²) >= 11 is 0. The van der Waals surface area contributed by atoms with Crippen LogP contribution in [0.4, 0.5) is 5.69 Å². The first kappa shape index (κ1) is 36.0. The van der Waals surface area contributed by atoms with Crippen molar-refractivity contribution in [2.24, 2.45) is 0 Å². The summed E-state index contributed by atoms with van der Waals surface area (Å²) in [4.78, 5) is 26.4. The number of benzene rings is 4. The molecule has 5 aromatic rings. The highest BCUT2D eigenvalue weighted by Gasteiger charge is 2.24. The minimum Gasteiger partial charge on any atom is -0.496 e. The molecule has 0 spiro atoms. The number of methoxy groups -OCH3 is 6. The van der Waals surface area contributed by atoms with Crippen LogP contribution >= 0.6 is 0 Å². The van der Waals surface area contributed by atoms with Gasteiger partial charge in [-0.3, -0.25) is 9.59 Å². The Labute approximate surface area is 295 Å². The van der Waals surface area contributed by atoms with Crippen LogP contribution in [0.3, 0.4) is 0 Å². The maximum atomic E-state index is 14.1. The Morgan fingerprint density at radius 1 is 0.686 bits per heavy atom. The van der Waals surface area contributed by atoms with E-state index in [9.17, 15) is 9.59 Å². The van der Waals surface area contributed by atoms with Gasteiger partial charge in [0.2, 0.25) is 22.8 Å². The molecule has 0 atom stereocenters. The lowest BCUT2D eigenvalue weighted by Gasteiger charge is -2.17. The number of carbonyl (C=O) groups excluding carboxylic acids is 1. The Morgan fingerprint density at radius 2 is 1.37 bits per heavy atom. The van der Waals surface area contributed by atoms with E-state index in [2.05, 4.69) is 5.32 Å². The van der Waals surface area contributed by atoms with Crippen LogP contribution in [0.5, 0.6) is 46.0 Å². The predicted octanol–water partition coefficient (Wildman–Crippen LogP) is 7.01. The van der Waals surface area contributed by atoms with Crippen molar-refractivity contribution in [2.45, 2.75) is 6.42 Å². The van der Waals surface area contributed by atoms with Crippen LogP contribution in [0.25, 0.3) is 28.4 Å². The van der Waals surface area contributed by atoms with Crippen LogP contribution in [-0.4, -0.2) is 61.8 Å². The van der Waals surface area contributed by atoms with E-state index < -0.39 is 5.43 Å². The maximum absolute atomic E-state index is 14.1. The molecule has 0 aliphatic heterocycles. The maximum Gasteiger partial charge on any atom is 0.248 e. The summed E-state index contributed by atoms with van der Waals surface area (Å²) in [6.07, 6.45) is 3.53. The van der Waals surface area contributed by atoms with Gasteiger partial charge in [0.1, 0.15) is 22.5 Å². The molecular weight excluding hydrogens is 658 g/mol. The number of hydrogen-bond donors (Lipinski definition) is 1. The molecule has 0 fully saturated rings. The average Bonchev–Trinajstić information content (AvgIpc) is 3.16. The number of nitrogens with one attached hydrogen (secondary N) is 1. The minimum absolute atomic E-state index is 0.0368. The Balaban J connectivity index is 1.35. The van der Waals surface area contributed by atoms with E-state index in [0.29, 0.717) is 52.2 Å². The van der Waals surface area contributed by atoms with E-state index in [0.717, 1.165) is 5.56 Å². The second kappa shape index (κ2) is 16.9. The van der Waals surface area contributed by atoms with E-state index in [-0.39, 0.29) is 47.3 Å². The summed E-state index contributed by atoms with van der Waals surface area (Å²) < 4.78 is 51.5. The predicted molar refractivity (Wildman–Crippen MR) is 193 cm³/mol. The molecule has 0 bridgehead atoms. The lowest BCUT2D eigenvalue weighted by atomic mass is 10.1. The van der Waals surface area contributed by atoms with Crippen molar-refractivity contribution in [1.29, 1.82) is 0 Å².